The summed E-state index contributed by atoms with van der Waals surface area (Å²) in [5.41, 5.74) is 1.24. The molecule has 0 heterocycles. The van der Waals surface area contributed by atoms with Crippen molar-refractivity contribution < 1.29 is 9.47 Å². The molecule has 3 heteroatoms. The second kappa shape index (κ2) is 10.6. The molecule has 0 saturated carbocycles. The van der Waals surface area contributed by atoms with Gasteiger partial charge in [-0.05, 0) is 49.9 Å². The largest absolute Gasteiger partial charge is 0.494 e. The lowest BCUT2D eigenvalue weighted by atomic mass is 10.1. The second-order valence-corrected chi connectivity index (χ2v) is 5.87. The van der Waals surface area contributed by atoms with Crippen LogP contribution in [0.15, 0.2) is 24.3 Å². The van der Waals surface area contributed by atoms with Gasteiger partial charge in [0.15, 0.2) is 0 Å². The van der Waals surface area contributed by atoms with Gasteiger partial charge in [-0.3, -0.25) is 0 Å². The van der Waals surface area contributed by atoms with Crippen LogP contribution < -0.4 is 10.1 Å². The maximum absolute atomic E-state index is 5.79. The summed E-state index contributed by atoms with van der Waals surface area (Å²) < 4.78 is 11.4. The minimum absolute atomic E-state index is 0.240. The number of likely N-dealkylation sites (N-methyl/N-ethyl adjacent to an activating group) is 1. The summed E-state index contributed by atoms with van der Waals surface area (Å²) in [6.07, 6.45) is 3.40. The van der Waals surface area contributed by atoms with E-state index >= 15 is 0 Å². The van der Waals surface area contributed by atoms with Crippen molar-refractivity contribution >= 4 is 0 Å². The van der Waals surface area contributed by atoms with E-state index in [1.54, 1.807) is 0 Å². The van der Waals surface area contributed by atoms with E-state index in [9.17, 15) is 0 Å². The standard InChI is InChI=1S/C18H31NO2/c1-5-12-21-17-10-8-16(9-11-17)18(19-4)14-20-13-6-7-15(2)3/h8-11,15,18-19H,5-7,12-14H2,1-4H3. The molecule has 0 amide bonds. The van der Waals surface area contributed by atoms with E-state index in [1.165, 1.54) is 12.0 Å². The molecule has 0 aliphatic rings. The highest BCUT2D eigenvalue weighted by Gasteiger charge is 2.09. The van der Waals surface area contributed by atoms with Crippen LogP contribution >= 0.6 is 0 Å². The molecule has 0 fully saturated rings. The summed E-state index contributed by atoms with van der Waals surface area (Å²) >= 11 is 0. The molecule has 0 aliphatic carbocycles. The monoisotopic (exact) mass is 293 g/mol. The van der Waals surface area contributed by atoms with E-state index in [4.69, 9.17) is 9.47 Å². The van der Waals surface area contributed by atoms with Crippen LogP contribution in [0.3, 0.4) is 0 Å². The van der Waals surface area contributed by atoms with Crippen molar-refractivity contribution in [3.05, 3.63) is 29.8 Å². The molecule has 1 aromatic rings. The highest BCUT2D eigenvalue weighted by molar-refractivity contribution is 5.29. The predicted molar refractivity (Wildman–Crippen MR) is 88.9 cm³/mol. The van der Waals surface area contributed by atoms with Gasteiger partial charge in [-0.15, -0.1) is 0 Å². The maximum Gasteiger partial charge on any atom is 0.119 e. The van der Waals surface area contributed by atoms with Crippen LogP contribution in [0.4, 0.5) is 0 Å². The van der Waals surface area contributed by atoms with E-state index in [1.807, 2.05) is 19.2 Å². The van der Waals surface area contributed by atoms with Crippen LogP contribution in [0.25, 0.3) is 0 Å². The molecule has 1 unspecified atom stereocenters. The van der Waals surface area contributed by atoms with E-state index in [-0.39, 0.29) is 6.04 Å². The smallest absolute Gasteiger partial charge is 0.119 e. The summed E-state index contributed by atoms with van der Waals surface area (Å²) in [4.78, 5) is 0. The van der Waals surface area contributed by atoms with Gasteiger partial charge in [-0.2, -0.15) is 0 Å². The first-order valence-corrected chi connectivity index (χ1v) is 8.15. The van der Waals surface area contributed by atoms with Crippen molar-refractivity contribution in [1.29, 1.82) is 0 Å². The van der Waals surface area contributed by atoms with Gasteiger partial charge in [0.1, 0.15) is 5.75 Å². The van der Waals surface area contributed by atoms with Crippen molar-refractivity contribution in [2.75, 3.05) is 26.9 Å². The molecule has 0 spiro atoms. The Kier molecular flexibility index (Phi) is 9.11. The third-order valence-electron chi connectivity index (χ3n) is 3.46. The summed E-state index contributed by atoms with van der Waals surface area (Å²) in [5, 5.41) is 3.31. The predicted octanol–water partition coefficient (Wildman–Crippen LogP) is 4.19. The molecule has 1 atom stereocenters. The zero-order chi connectivity index (χ0) is 15.5. The van der Waals surface area contributed by atoms with Crippen molar-refractivity contribution in [3.8, 4) is 5.75 Å². The van der Waals surface area contributed by atoms with Crippen LogP contribution in [0.5, 0.6) is 5.75 Å². The Hall–Kier alpha value is -1.06. The maximum atomic E-state index is 5.79. The molecule has 0 bridgehead atoms. The normalized spacial score (nSPS) is 12.6. The molecule has 3 nitrogen and oxygen atoms in total. The second-order valence-electron chi connectivity index (χ2n) is 5.87. The third kappa shape index (κ3) is 7.49. The van der Waals surface area contributed by atoms with Crippen LogP contribution in [-0.4, -0.2) is 26.9 Å². The lowest BCUT2D eigenvalue weighted by Gasteiger charge is -2.17. The molecular weight excluding hydrogens is 262 g/mol. The average molecular weight is 293 g/mol. The molecule has 1 aromatic carbocycles. The van der Waals surface area contributed by atoms with Crippen LogP contribution in [0.1, 0.15) is 51.6 Å². The van der Waals surface area contributed by atoms with Gasteiger partial charge in [-0.1, -0.05) is 32.9 Å². The van der Waals surface area contributed by atoms with Crippen molar-refractivity contribution in [2.45, 2.75) is 46.1 Å². The third-order valence-corrected chi connectivity index (χ3v) is 3.46. The molecule has 21 heavy (non-hydrogen) atoms. The summed E-state index contributed by atoms with van der Waals surface area (Å²) in [7, 11) is 1.98. The lowest BCUT2D eigenvalue weighted by molar-refractivity contribution is 0.108. The Morgan fingerprint density at radius 1 is 1.10 bits per heavy atom. The lowest BCUT2D eigenvalue weighted by Crippen LogP contribution is -2.22. The zero-order valence-electron chi connectivity index (χ0n) is 14.0. The first kappa shape index (κ1) is 18.0. The van der Waals surface area contributed by atoms with Crippen LogP contribution in [0, 0.1) is 5.92 Å². The Morgan fingerprint density at radius 3 is 2.38 bits per heavy atom. The molecular formula is C18H31NO2. The van der Waals surface area contributed by atoms with Crippen molar-refractivity contribution in [3.63, 3.8) is 0 Å². The Morgan fingerprint density at radius 2 is 1.81 bits per heavy atom. The Balaban J connectivity index is 2.37. The van der Waals surface area contributed by atoms with E-state index in [0.717, 1.165) is 37.7 Å². The molecule has 0 aromatic heterocycles. The molecule has 0 aliphatic heterocycles. The fourth-order valence-electron chi connectivity index (χ4n) is 2.16. The number of rotatable bonds is 11. The van der Waals surface area contributed by atoms with Gasteiger partial charge in [0.25, 0.3) is 0 Å². The van der Waals surface area contributed by atoms with E-state index in [2.05, 4.69) is 38.2 Å². The van der Waals surface area contributed by atoms with Gasteiger partial charge < -0.3 is 14.8 Å². The topological polar surface area (TPSA) is 30.5 Å². The SMILES string of the molecule is CCCOc1ccc(C(COCCCC(C)C)NC)cc1. The molecule has 120 valence electrons. The minimum Gasteiger partial charge on any atom is -0.494 e. The molecule has 0 saturated heterocycles. The number of hydrogen-bond donors (Lipinski definition) is 1. The van der Waals surface area contributed by atoms with E-state index in [0.29, 0.717) is 6.61 Å². The summed E-state index contributed by atoms with van der Waals surface area (Å²) in [5.74, 6) is 1.69. The first-order chi connectivity index (χ1) is 10.2. The van der Waals surface area contributed by atoms with Gasteiger partial charge in [0.05, 0.1) is 19.3 Å². The van der Waals surface area contributed by atoms with Gasteiger partial charge >= 0.3 is 0 Å². The van der Waals surface area contributed by atoms with Crippen LogP contribution in [-0.2, 0) is 4.74 Å². The van der Waals surface area contributed by atoms with Gasteiger partial charge in [0.2, 0.25) is 0 Å². The van der Waals surface area contributed by atoms with E-state index < -0.39 is 0 Å². The van der Waals surface area contributed by atoms with Gasteiger partial charge in [0, 0.05) is 6.61 Å². The number of nitrogens with one attached hydrogen (secondary N) is 1. The summed E-state index contributed by atoms with van der Waals surface area (Å²) in [6.45, 7) is 8.94. The van der Waals surface area contributed by atoms with Gasteiger partial charge in [-0.25, -0.2) is 0 Å². The number of hydrogen-bond acceptors (Lipinski definition) is 3. The van der Waals surface area contributed by atoms with Crippen molar-refractivity contribution in [1.82, 2.24) is 5.32 Å². The fraction of sp³-hybridized carbons (Fsp3) is 0.667. The Bertz CT molecular complexity index is 362. The zero-order valence-corrected chi connectivity index (χ0v) is 14.0. The Labute approximate surface area is 130 Å². The summed E-state index contributed by atoms with van der Waals surface area (Å²) in [6, 6.07) is 8.54. The average Bonchev–Trinajstić information content (AvgIpc) is 2.49. The van der Waals surface area contributed by atoms with Crippen LogP contribution in [0.2, 0.25) is 0 Å². The highest BCUT2D eigenvalue weighted by Crippen LogP contribution is 2.18. The number of benzene rings is 1. The van der Waals surface area contributed by atoms with Crippen molar-refractivity contribution in [2.24, 2.45) is 5.92 Å². The minimum atomic E-state index is 0.240. The first-order valence-electron chi connectivity index (χ1n) is 8.15. The molecule has 1 rings (SSSR count). The molecule has 0 radical (unpaired) electrons. The fourth-order valence-corrected chi connectivity index (χ4v) is 2.16. The quantitative estimate of drug-likeness (QED) is 0.621. The number of ether oxygens (including phenoxy) is 2. The highest BCUT2D eigenvalue weighted by atomic mass is 16.5. The molecule has 1 N–H and O–H groups in total.